The number of thioether (sulfide) groups is 1. The molecule has 0 aliphatic carbocycles. The number of anilines is 1. The second kappa shape index (κ2) is 7.53. The van der Waals surface area contributed by atoms with Gasteiger partial charge in [-0.2, -0.15) is 4.98 Å². The zero-order chi connectivity index (χ0) is 17.1. The molecule has 0 spiro atoms. The van der Waals surface area contributed by atoms with Crippen molar-refractivity contribution in [1.29, 1.82) is 0 Å². The number of benzene rings is 1. The number of nitrogens with one attached hydrogen (secondary N) is 1. The Morgan fingerprint density at radius 1 is 1.12 bits per heavy atom. The third-order valence-electron chi connectivity index (χ3n) is 3.87. The highest BCUT2D eigenvalue weighted by Crippen LogP contribution is 2.30. The molecule has 2 heterocycles. The molecule has 3 aromatic rings. The van der Waals surface area contributed by atoms with Crippen LogP contribution in [0.3, 0.4) is 0 Å². The molecule has 0 amide bonds. The maximum Gasteiger partial charge on any atom is 0.288 e. The fourth-order valence-corrected chi connectivity index (χ4v) is 4.54. The largest absolute Gasteiger partial charge is 0.378 e. The highest BCUT2D eigenvalue weighted by Gasteiger charge is 2.13. The first kappa shape index (κ1) is 17.2. The molecule has 0 radical (unpaired) electrons. The van der Waals surface area contributed by atoms with Crippen molar-refractivity contribution in [1.82, 2.24) is 4.98 Å². The van der Waals surface area contributed by atoms with Gasteiger partial charge in [0, 0.05) is 37.2 Å². The van der Waals surface area contributed by atoms with Crippen LogP contribution in [0.2, 0.25) is 0 Å². The second-order valence-electron chi connectivity index (χ2n) is 6.53. The molecule has 0 fully saturated rings. The zero-order valence-corrected chi connectivity index (χ0v) is 16.3. The summed E-state index contributed by atoms with van der Waals surface area (Å²) in [5.41, 5.74) is 3.42. The van der Waals surface area contributed by atoms with Crippen LogP contribution in [-0.2, 0) is 0 Å². The van der Waals surface area contributed by atoms with Gasteiger partial charge in [0.05, 0.1) is 0 Å². The van der Waals surface area contributed by atoms with Gasteiger partial charge in [-0.1, -0.05) is 25.6 Å². The van der Waals surface area contributed by atoms with Gasteiger partial charge in [0.1, 0.15) is 10.5 Å². The number of rotatable bonds is 6. The molecule has 126 valence electrons. The molecule has 5 heteroatoms. The van der Waals surface area contributed by atoms with E-state index in [1.165, 1.54) is 22.7 Å². The van der Waals surface area contributed by atoms with Crippen LogP contribution in [-0.4, -0.2) is 24.8 Å². The van der Waals surface area contributed by atoms with E-state index in [1.54, 1.807) is 11.3 Å². The summed E-state index contributed by atoms with van der Waals surface area (Å²) in [5, 5.41) is 2.29. The minimum absolute atomic E-state index is 0.751. The smallest absolute Gasteiger partial charge is 0.288 e. The number of pyridine rings is 1. The Morgan fingerprint density at radius 2 is 1.88 bits per heavy atom. The van der Waals surface area contributed by atoms with Crippen molar-refractivity contribution < 1.29 is 4.98 Å². The van der Waals surface area contributed by atoms with E-state index in [0.717, 1.165) is 27.0 Å². The van der Waals surface area contributed by atoms with Crippen LogP contribution in [0.1, 0.15) is 20.3 Å². The molecule has 0 aliphatic heterocycles. The molecule has 0 bridgehead atoms. The first-order valence-electron chi connectivity index (χ1n) is 8.26. The maximum absolute atomic E-state index is 4.77. The highest BCUT2D eigenvalue weighted by atomic mass is 32.2. The van der Waals surface area contributed by atoms with E-state index in [9.17, 15) is 0 Å². The van der Waals surface area contributed by atoms with Crippen molar-refractivity contribution in [2.75, 3.05) is 24.7 Å². The molecule has 24 heavy (non-hydrogen) atoms. The second-order valence-corrected chi connectivity index (χ2v) is 8.66. The number of H-pyrrole nitrogens is 1. The van der Waals surface area contributed by atoms with E-state index >= 15 is 0 Å². The molecule has 3 rings (SSSR count). The molecule has 1 N–H and O–H groups in total. The van der Waals surface area contributed by atoms with E-state index in [4.69, 9.17) is 4.98 Å². The lowest BCUT2D eigenvalue weighted by Crippen LogP contribution is -2.07. The Morgan fingerprint density at radius 3 is 2.54 bits per heavy atom. The third-order valence-corrected chi connectivity index (χ3v) is 5.89. The summed E-state index contributed by atoms with van der Waals surface area (Å²) in [6.45, 7) is 4.54. The lowest BCUT2D eigenvalue weighted by Gasteiger charge is -2.11. The van der Waals surface area contributed by atoms with Crippen LogP contribution in [0, 0.1) is 5.92 Å². The molecular weight excluding hydrogens is 334 g/mol. The van der Waals surface area contributed by atoms with E-state index < -0.39 is 0 Å². The lowest BCUT2D eigenvalue weighted by molar-refractivity contribution is -0.392. The van der Waals surface area contributed by atoms with Crippen molar-refractivity contribution >= 4 is 39.1 Å². The monoisotopic (exact) mass is 358 g/mol. The van der Waals surface area contributed by atoms with Crippen molar-refractivity contribution in [2.24, 2.45) is 5.92 Å². The van der Waals surface area contributed by atoms with E-state index in [1.807, 2.05) is 11.8 Å². The van der Waals surface area contributed by atoms with Gasteiger partial charge in [-0.15, -0.1) is 0 Å². The Hall–Kier alpha value is -1.59. The van der Waals surface area contributed by atoms with Gasteiger partial charge in [0.15, 0.2) is 0 Å². The highest BCUT2D eigenvalue weighted by molar-refractivity contribution is 7.99. The minimum atomic E-state index is 0.751. The summed E-state index contributed by atoms with van der Waals surface area (Å²) >= 11 is 3.62. The van der Waals surface area contributed by atoms with Crippen molar-refractivity contribution in [3.63, 3.8) is 0 Å². The summed E-state index contributed by atoms with van der Waals surface area (Å²) < 4.78 is 0. The van der Waals surface area contributed by atoms with Gasteiger partial charge in [-0.05, 0) is 54.0 Å². The first-order valence-corrected chi connectivity index (χ1v) is 10.1. The maximum atomic E-state index is 4.77. The number of fused-ring (bicyclic) bond motifs is 1. The number of aromatic nitrogens is 2. The Balaban J connectivity index is 1.80. The molecule has 0 atom stereocenters. The predicted octanol–water partition coefficient (Wildman–Crippen LogP) is 4.98. The fraction of sp³-hybridized carbons (Fsp3) is 0.368. The Labute approximate surface area is 152 Å². The van der Waals surface area contributed by atoms with Crippen LogP contribution in [0.4, 0.5) is 5.69 Å². The number of hydrogen-bond donors (Lipinski definition) is 0. The average molecular weight is 359 g/mol. The number of hydrogen-bond acceptors (Lipinski definition) is 4. The zero-order valence-electron chi connectivity index (χ0n) is 14.7. The van der Waals surface area contributed by atoms with Crippen LogP contribution in [0.25, 0.3) is 20.9 Å². The molecule has 2 aromatic heterocycles. The standard InChI is InChI=1S/C19H23N3S2/c1-13(2)11-12-23-17-10-9-16-19(21-17)24-18(20-16)14-5-7-15(8-6-14)22(3)4/h5-10,13H,11-12H2,1-4H3/p+1. The Kier molecular flexibility index (Phi) is 5.41. The van der Waals surface area contributed by atoms with Crippen molar-refractivity contribution in [3.8, 4) is 10.6 Å². The molecule has 0 aliphatic rings. The Bertz CT molecular complexity index is 807. The molecule has 1 aromatic carbocycles. The van der Waals surface area contributed by atoms with Gasteiger partial charge in [0.2, 0.25) is 5.03 Å². The fourth-order valence-electron chi connectivity index (χ4n) is 2.36. The number of thiazole rings is 1. The van der Waals surface area contributed by atoms with E-state index in [-0.39, 0.29) is 0 Å². The predicted molar refractivity (Wildman–Crippen MR) is 106 cm³/mol. The van der Waals surface area contributed by atoms with Crippen LogP contribution in [0.5, 0.6) is 0 Å². The van der Waals surface area contributed by atoms with Gasteiger partial charge in [-0.25, -0.2) is 4.98 Å². The summed E-state index contributed by atoms with van der Waals surface area (Å²) in [4.78, 5) is 11.6. The molecule has 3 nitrogen and oxygen atoms in total. The minimum Gasteiger partial charge on any atom is -0.378 e. The summed E-state index contributed by atoms with van der Waals surface area (Å²) in [5.74, 6) is 1.90. The van der Waals surface area contributed by atoms with Crippen molar-refractivity contribution in [3.05, 3.63) is 36.4 Å². The molecular formula is C19H24N3S2+. The molecule has 0 saturated carbocycles. The van der Waals surface area contributed by atoms with Gasteiger partial charge in [-0.3, -0.25) is 0 Å². The number of aromatic amines is 1. The first-order chi connectivity index (χ1) is 11.5. The summed E-state index contributed by atoms with van der Waals surface area (Å²) in [6.07, 6.45) is 1.24. The van der Waals surface area contributed by atoms with Crippen molar-refractivity contribution in [2.45, 2.75) is 25.3 Å². The van der Waals surface area contributed by atoms with Crippen LogP contribution < -0.4 is 9.88 Å². The average Bonchev–Trinajstić information content (AvgIpc) is 2.98. The van der Waals surface area contributed by atoms with E-state index in [2.05, 4.69) is 74.2 Å². The van der Waals surface area contributed by atoms with Gasteiger partial charge >= 0.3 is 0 Å². The SMILES string of the molecule is CC(C)CCSc1ccc2nc(-c3ccc(N(C)C)cc3)sc2[nH+]1. The van der Waals surface area contributed by atoms with Crippen LogP contribution >= 0.6 is 23.1 Å². The van der Waals surface area contributed by atoms with E-state index in [0.29, 0.717) is 0 Å². The quantitative estimate of drug-likeness (QED) is 0.582. The van der Waals surface area contributed by atoms with Crippen LogP contribution in [0.15, 0.2) is 41.4 Å². The van der Waals surface area contributed by atoms with Gasteiger partial charge in [0.25, 0.3) is 4.83 Å². The third kappa shape index (κ3) is 4.08. The summed E-state index contributed by atoms with van der Waals surface area (Å²) in [6, 6.07) is 12.8. The topological polar surface area (TPSA) is 30.3 Å². The number of nitrogens with zero attached hydrogens (tertiary/aromatic N) is 2. The lowest BCUT2D eigenvalue weighted by atomic mass is 10.2. The molecule has 0 unspecified atom stereocenters. The summed E-state index contributed by atoms with van der Waals surface area (Å²) in [7, 11) is 4.11. The van der Waals surface area contributed by atoms with Gasteiger partial charge < -0.3 is 4.90 Å². The molecule has 0 saturated heterocycles. The normalized spacial score (nSPS) is 11.4.